The Morgan fingerprint density at radius 1 is 1.35 bits per heavy atom. The molecule has 0 fully saturated rings. The summed E-state index contributed by atoms with van der Waals surface area (Å²) in [5, 5.41) is 3.69. The molecular formula is C18H22ClN3O3S. The number of anilines is 1. The molecule has 0 saturated carbocycles. The molecule has 2 N–H and O–H groups in total. The fourth-order valence-corrected chi connectivity index (χ4v) is 3.32. The van der Waals surface area contributed by atoms with Crippen LogP contribution in [-0.4, -0.2) is 27.7 Å². The van der Waals surface area contributed by atoms with Gasteiger partial charge < -0.3 is 15.0 Å². The largest absolute Gasteiger partial charge is 0.373 e. The van der Waals surface area contributed by atoms with Crippen LogP contribution in [0.2, 0.25) is 5.02 Å². The topological polar surface area (TPSA) is 84.1 Å². The predicted molar refractivity (Wildman–Crippen MR) is 105 cm³/mol. The summed E-state index contributed by atoms with van der Waals surface area (Å²) in [6, 6.07) is 5.14. The number of nitrogens with one attached hydrogen (secondary N) is 2. The molecule has 0 saturated heterocycles. The second kappa shape index (κ2) is 9.21. The van der Waals surface area contributed by atoms with Crippen molar-refractivity contribution >= 4 is 35.0 Å². The van der Waals surface area contributed by atoms with E-state index in [-0.39, 0.29) is 29.9 Å². The van der Waals surface area contributed by atoms with Gasteiger partial charge in [-0.05, 0) is 44.9 Å². The molecule has 26 heavy (non-hydrogen) atoms. The lowest BCUT2D eigenvalue weighted by atomic mass is 10.1. The molecule has 2 aromatic rings. The SMILES string of the molecule is Cc1cc(C)c(NC(=O)CSc2nc(COC(C)C)cc(=O)[nH]2)c(Cl)c1. The number of aromatic amines is 1. The normalized spacial score (nSPS) is 11.0. The zero-order valence-electron chi connectivity index (χ0n) is 15.2. The molecule has 1 heterocycles. The Labute approximate surface area is 161 Å². The number of thioether (sulfide) groups is 1. The summed E-state index contributed by atoms with van der Waals surface area (Å²) in [6.07, 6.45) is 0.0421. The number of benzene rings is 1. The average molecular weight is 396 g/mol. The van der Waals surface area contributed by atoms with Crippen molar-refractivity contribution < 1.29 is 9.53 Å². The Balaban J connectivity index is 2.00. The van der Waals surface area contributed by atoms with Gasteiger partial charge in [0.2, 0.25) is 5.91 Å². The molecule has 0 bridgehead atoms. The van der Waals surface area contributed by atoms with Gasteiger partial charge in [-0.25, -0.2) is 4.98 Å². The summed E-state index contributed by atoms with van der Waals surface area (Å²) < 4.78 is 5.46. The minimum Gasteiger partial charge on any atom is -0.373 e. The van der Waals surface area contributed by atoms with Crippen LogP contribution < -0.4 is 10.9 Å². The number of hydrogen-bond donors (Lipinski definition) is 2. The van der Waals surface area contributed by atoms with E-state index in [2.05, 4.69) is 15.3 Å². The highest BCUT2D eigenvalue weighted by Crippen LogP contribution is 2.27. The quantitative estimate of drug-likeness (QED) is 0.551. The number of aromatic nitrogens is 2. The molecule has 140 valence electrons. The first-order chi connectivity index (χ1) is 12.2. The van der Waals surface area contributed by atoms with E-state index in [1.807, 2.05) is 33.8 Å². The van der Waals surface area contributed by atoms with Crippen LogP contribution in [0.5, 0.6) is 0 Å². The number of halogens is 1. The molecule has 0 aliphatic heterocycles. The molecule has 0 spiro atoms. The first kappa shape index (κ1) is 20.5. The summed E-state index contributed by atoms with van der Waals surface area (Å²) in [4.78, 5) is 30.9. The van der Waals surface area contributed by atoms with Gasteiger partial charge in [0.1, 0.15) is 0 Å². The first-order valence-corrected chi connectivity index (χ1v) is 9.52. The maximum absolute atomic E-state index is 12.2. The number of carbonyl (C=O) groups excluding carboxylic acids is 1. The monoisotopic (exact) mass is 395 g/mol. The van der Waals surface area contributed by atoms with Crippen LogP contribution in [0.25, 0.3) is 0 Å². The summed E-state index contributed by atoms with van der Waals surface area (Å²) in [5.74, 6) is -0.128. The van der Waals surface area contributed by atoms with Gasteiger partial charge >= 0.3 is 0 Å². The van der Waals surface area contributed by atoms with Gasteiger partial charge in [-0.2, -0.15) is 0 Å². The molecule has 0 radical (unpaired) electrons. The number of rotatable bonds is 7. The summed E-state index contributed by atoms with van der Waals surface area (Å²) in [6.45, 7) is 7.90. The van der Waals surface area contributed by atoms with E-state index in [9.17, 15) is 9.59 Å². The van der Waals surface area contributed by atoms with Crippen molar-refractivity contribution in [2.45, 2.75) is 45.6 Å². The van der Waals surface area contributed by atoms with E-state index in [1.165, 1.54) is 6.07 Å². The van der Waals surface area contributed by atoms with E-state index in [4.69, 9.17) is 16.3 Å². The highest BCUT2D eigenvalue weighted by molar-refractivity contribution is 7.99. The standard InChI is InChI=1S/C18H22ClN3O3S/c1-10(2)25-8-13-7-15(23)22-18(20-13)26-9-16(24)21-17-12(4)5-11(3)6-14(17)19/h5-7,10H,8-9H2,1-4H3,(H,21,24)(H,20,22,23). The molecular weight excluding hydrogens is 374 g/mol. The Morgan fingerprint density at radius 3 is 2.73 bits per heavy atom. The van der Waals surface area contributed by atoms with Gasteiger partial charge in [0.15, 0.2) is 5.16 Å². The lowest BCUT2D eigenvalue weighted by Crippen LogP contribution is -2.17. The summed E-state index contributed by atoms with van der Waals surface area (Å²) >= 11 is 7.35. The van der Waals surface area contributed by atoms with Gasteiger partial charge in [-0.15, -0.1) is 0 Å². The zero-order chi connectivity index (χ0) is 19.3. The Bertz CT molecular complexity index is 829. The Kier molecular flexibility index (Phi) is 7.25. The van der Waals surface area contributed by atoms with Crippen LogP contribution in [-0.2, 0) is 16.1 Å². The predicted octanol–water partition coefficient (Wildman–Crippen LogP) is 3.70. The van der Waals surface area contributed by atoms with Gasteiger partial charge in [0.25, 0.3) is 5.56 Å². The summed E-state index contributed by atoms with van der Waals surface area (Å²) in [7, 11) is 0. The van der Waals surface area contributed by atoms with E-state index in [0.717, 1.165) is 22.9 Å². The van der Waals surface area contributed by atoms with E-state index in [0.29, 0.717) is 21.6 Å². The molecule has 1 amide bonds. The van der Waals surface area contributed by atoms with Crippen LogP contribution in [0, 0.1) is 13.8 Å². The number of aryl methyl sites for hydroxylation is 2. The second-order valence-corrected chi connectivity index (χ2v) is 7.55. The zero-order valence-corrected chi connectivity index (χ0v) is 16.8. The van der Waals surface area contributed by atoms with Crippen molar-refractivity contribution in [2.75, 3.05) is 11.1 Å². The number of nitrogens with zero attached hydrogens (tertiary/aromatic N) is 1. The summed E-state index contributed by atoms with van der Waals surface area (Å²) in [5.41, 5.74) is 2.78. The van der Waals surface area contributed by atoms with E-state index < -0.39 is 0 Å². The minimum atomic E-state index is -0.275. The molecule has 8 heteroatoms. The number of H-pyrrole nitrogens is 1. The highest BCUT2D eigenvalue weighted by Gasteiger charge is 2.11. The average Bonchev–Trinajstić information content (AvgIpc) is 2.54. The second-order valence-electron chi connectivity index (χ2n) is 6.18. The molecule has 0 aliphatic carbocycles. The molecule has 0 unspecified atom stereocenters. The molecule has 1 aromatic heterocycles. The Hall–Kier alpha value is -1.83. The van der Waals surface area contributed by atoms with Crippen molar-refractivity contribution in [2.24, 2.45) is 0 Å². The van der Waals surface area contributed by atoms with Crippen molar-refractivity contribution in [3.8, 4) is 0 Å². The lowest BCUT2D eigenvalue weighted by molar-refractivity contribution is -0.113. The van der Waals surface area contributed by atoms with Crippen LogP contribution in [0.1, 0.15) is 30.7 Å². The van der Waals surface area contributed by atoms with E-state index >= 15 is 0 Å². The third kappa shape index (κ3) is 6.16. The number of amides is 1. The number of carbonyl (C=O) groups is 1. The van der Waals surface area contributed by atoms with Gasteiger partial charge in [-0.1, -0.05) is 29.4 Å². The molecule has 6 nitrogen and oxygen atoms in total. The van der Waals surface area contributed by atoms with Gasteiger partial charge in [0.05, 0.1) is 34.9 Å². The first-order valence-electron chi connectivity index (χ1n) is 8.16. The smallest absolute Gasteiger partial charge is 0.251 e. The van der Waals surface area contributed by atoms with Crippen LogP contribution in [0.15, 0.2) is 28.2 Å². The van der Waals surface area contributed by atoms with Crippen molar-refractivity contribution in [1.29, 1.82) is 0 Å². The highest BCUT2D eigenvalue weighted by atomic mass is 35.5. The fraction of sp³-hybridized carbons (Fsp3) is 0.389. The fourth-order valence-electron chi connectivity index (χ4n) is 2.26. The van der Waals surface area contributed by atoms with Crippen molar-refractivity contribution in [3.05, 3.63) is 50.4 Å². The minimum absolute atomic E-state index is 0.0421. The number of hydrogen-bond acceptors (Lipinski definition) is 5. The van der Waals surface area contributed by atoms with Crippen molar-refractivity contribution in [3.63, 3.8) is 0 Å². The van der Waals surface area contributed by atoms with Crippen LogP contribution >= 0.6 is 23.4 Å². The van der Waals surface area contributed by atoms with Gasteiger partial charge in [0, 0.05) is 6.07 Å². The van der Waals surface area contributed by atoms with Crippen LogP contribution in [0.4, 0.5) is 5.69 Å². The molecule has 0 atom stereocenters. The third-order valence-electron chi connectivity index (χ3n) is 3.37. The van der Waals surface area contributed by atoms with Crippen LogP contribution in [0.3, 0.4) is 0 Å². The Morgan fingerprint density at radius 2 is 2.08 bits per heavy atom. The molecule has 1 aromatic carbocycles. The van der Waals surface area contributed by atoms with Crippen molar-refractivity contribution in [1.82, 2.24) is 9.97 Å². The van der Waals surface area contributed by atoms with E-state index in [1.54, 1.807) is 6.07 Å². The number of ether oxygens (including phenoxy) is 1. The molecule has 0 aliphatic rings. The lowest BCUT2D eigenvalue weighted by Gasteiger charge is -2.11. The maximum Gasteiger partial charge on any atom is 0.251 e. The molecule has 2 rings (SSSR count). The maximum atomic E-state index is 12.2. The third-order valence-corrected chi connectivity index (χ3v) is 4.55. The van der Waals surface area contributed by atoms with Gasteiger partial charge in [-0.3, -0.25) is 9.59 Å².